The Morgan fingerprint density at radius 3 is 2.55 bits per heavy atom. The number of hydrogen-bond acceptors (Lipinski definition) is 4. The molecule has 1 aromatic heterocycles. The topological polar surface area (TPSA) is 61.5 Å². The third kappa shape index (κ3) is 3.81. The van der Waals surface area contributed by atoms with E-state index in [1.807, 2.05) is 11.1 Å². The summed E-state index contributed by atoms with van der Waals surface area (Å²) in [7, 11) is 1.64. The zero-order valence-electron chi connectivity index (χ0n) is 17.3. The summed E-state index contributed by atoms with van der Waals surface area (Å²) in [5, 5.41) is 7.26. The van der Waals surface area contributed by atoms with Crippen LogP contribution in [0.2, 0.25) is 0 Å². The molecule has 156 valence electrons. The second-order valence-electron chi connectivity index (χ2n) is 8.38. The minimum absolute atomic E-state index is 0.122. The van der Waals surface area contributed by atoms with Crippen LogP contribution in [0.3, 0.4) is 0 Å². The average molecular weight is 400 g/mol. The maximum absolute atomic E-state index is 13.2. The molecule has 0 unspecified atom stereocenters. The normalized spacial score (nSPS) is 23.6. The van der Waals surface area contributed by atoms with Crippen LogP contribution in [-0.2, 0) is 16.1 Å². The van der Waals surface area contributed by atoms with Crippen LogP contribution in [0.5, 0.6) is 0 Å². The highest BCUT2D eigenvalue weighted by molar-refractivity contribution is 5.88. The highest BCUT2D eigenvalue weighted by atomic mass is 19.1. The zero-order chi connectivity index (χ0) is 20.5. The molecule has 0 saturated carbocycles. The Hall–Kier alpha value is -2.25. The SMILES string of the molecule is CO[C@H]1C(=O)N(C(C)C)[C@H]1C1CCN(Cc2cn[nH]c2-c2ccc(F)cc2)CC1. The summed E-state index contributed by atoms with van der Waals surface area (Å²) in [6.45, 7) is 6.91. The molecule has 7 heteroatoms. The minimum atomic E-state index is -0.284. The summed E-state index contributed by atoms with van der Waals surface area (Å²) in [6, 6.07) is 6.89. The molecule has 2 atom stereocenters. The van der Waals surface area contributed by atoms with Crippen LogP contribution in [0.1, 0.15) is 32.3 Å². The standard InChI is InChI=1S/C22H29FN4O2/c1-14(2)27-20(21(29-3)22(27)28)16-8-10-26(11-9-16)13-17-12-24-25-19(17)15-4-6-18(23)7-5-15/h4-7,12,14,16,20-21H,8-11,13H2,1-3H3,(H,24,25)/t20-,21+/m0/s1. The van der Waals surface area contributed by atoms with Crippen molar-refractivity contribution in [2.45, 2.75) is 51.4 Å². The van der Waals surface area contributed by atoms with Gasteiger partial charge in [0, 0.05) is 30.8 Å². The summed E-state index contributed by atoms with van der Waals surface area (Å²) in [5.41, 5.74) is 3.01. The Morgan fingerprint density at radius 2 is 1.93 bits per heavy atom. The van der Waals surface area contributed by atoms with Gasteiger partial charge in [0.25, 0.3) is 5.91 Å². The predicted molar refractivity (Wildman–Crippen MR) is 109 cm³/mol. The molecule has 1 aromatic carbocycles. The second-order valence-corrected chi connectivity index (χ2v) is 8.38. The Balaban J connectivity index is 1.38. The van der Waals surface area contributed by atoms with E-state index in [9.17, 15) is 9.18 Å². The maximum atomic E-state index is 13.2. The number of hydrogen-bond donors (Lipinski definition) is 1. The third-order valence-electron chi connectivity index (χ3n) is 6.30. The van der Waals surface area contributed by atoms with Crippen LogP contribution >= 0.6 is 0 Å². The highest BCUT2D eigenvalue weighted by Gasteiger charge is 2.52. The zero-order valence-corrected chi connectivity index (χ0v) is 17.3. The molecular weight excluding hydrogens is 371 g/mol. The number of piperidine rings is 1. The Kier molecular flexibility index (Phi) is 5.69. The molecule has 0 bridgehead atoms. The van der Waals surface area contributed by atoms with Gasteiger partial charge in [-0.1, -0.05) is 0 Å². The number of ether oxygens (including phenoxy) is 1. The van der Waals surface area contributed by atoms with Crippen molar-refractivity contribution >= 4 is 5.91 Å². The van der Waals surface area contributed by atoms with Crippen LogP contribution in [-0.4, -0.2) is 64.3 Å². The minimum Gasteiger partial charge on any atom is -0.369 e. The lowest BCUT2D eigenvalue weighted by molar-refractivity contribution is -0.181. The quantitative estimate of drug-likeness (QED) is 0.757. The van der Waals surface area contributed by atoms with E-state index in [-0.39, 0.29) is 29.9 Å². The van der Waals surface area contributed by atoms with Crippen molar-refractivity contribution in [1.29, 1.82) is 0 Å². The number of aromatic nitrogens is 2. The molecule has 2 fully saturated rings. The van der Waals surface area contributed by atoms with Gasteiger partial charge in [-0.05, 0) is 70.0 Å². The molecule has 29 heavy (non-hydrogen) atoms. The van der Waals surface area contributed by atoms with E-state index < -0.39 is 0 Å². The monoisotopic (exact) mass is 400 g/mol. The first kappa shape index (κ1) is 20.0. The van der Waals surface area contributed by atoms with E-state index in [0.717, 1.165) is 49.3 Å². The van der Waals surface area contributed by atoms with E-state index in [2.05, 4.69) is 28.9 Å². The molecular formula is C22H29FN4O2. The van der Waals surface area contributed by atoms with Gasteiger partial charge in [0.05, 0.1) is 17.9 Å². The summed E-state index contributed by atoms with van der Waals surface area (Å²) in [4.78, 5) is 16.7. The van der Waals surface area contributed by atoms with Crippen LogP contribution < -0.4 is 0 Å². The number of nitrogens with one attached hydrogen (secondary N) is 1. The van der Waals surface area contributed by atoms with Crippen LogP contribution in [0, 0.1) is 11.7 Å². The highest BCUT2D eigenvalue weighted by Crippen LogP contribution is 2.36. The van der Waals surface area contributed by atoms with E-state index >= 15 is 0 Å². The molecule has 0 radical (unpaired) electrons. The number of nitrogens with zero attached hydrogens (tertiary/aromatic N) is 3. The van der Waals surface area contributed by atoms with Gasteiger partial charge in [-0.3, -0.25) is 14.8 Å². The average Bonchev–Trinajstić information content (AvgIpc) is 3.15. The summed E-state index contributed by atoms with van der Waals surface area (Å²) >= 11 is 0. The molecule has 6 nitrogen and oxygen atoms in total. The fourth-order valence-electron chi connectivity index (χ4n) is 4.81. The summed E-state index contributed by atoms with van der Waals surface area (Å²) in [5.74, 6) is 0.352. The van der Waals surface area contributed by atoms with Crippen molar-refractivity contribution in [1.82, 2.24) is 20.0 Å². The molecule has 0 aliphatic carbocycles. The number of amides is 1. The first-order valence-corrected chi connectivity index (χ1v) is 10.3. The smallest absolute Gasteiger partial charge is 0.254 e. The summed E-state index contributed by atoms with van der Waals surface area (Å²) in [6.07, 6.45) is 3.67. The molecule has 2 saturated heterocycles. The van der Waals surface area contributed by atoms with Crippen molar-refractivity contribution in [3.63, 3.8) is 0 Å². The second kappa shape index (κ2) is 8.24. The maximum Gasteiger partial charge on any atom is 0.254 e. The number of aromatic amines is 1. The van der Waals surface area contributed by atoms with Gasteiger partial charge in [-0.2, -0.15) is 5.10 Å². The summed E-state index contributed by atoms with van der Waals surface area (Å²) < 4.78 is 18.7. The number of β-lactam (4-membered cyclic amide) rings is 1. The first-order valence-electron chi connectivity index (χ1n) is 10.3. The van der Waals surface area contributed by atoms with Crippen molar-refractivity contribution in [2.75, 3.05) is 20.2 Å². The number of methoxy groups -OCH3 is 1. The number of likely N-dealkylation sites (tertiary alicyclic amines) is 2. The molecule has 4 rings (SSSR count). The van der Waals surface area contributed by atoms with Gasteiger partial charge >= 0.3 is 0 Å². The molecule has 2 aromatic rings. The van der Waals surface area contributed by atoms with Gasteiger partial charge < -0.3 is 9.64 Å². The third-order valence-corrected chi connectivity index (χ3v) is 6.30. The van der Waals surface area contributed by atoms with E-state index in [1.54, 1.807) is 19.2 Å². The lowest BCUT2D eigenvalue weighted by Gasteiger charge is -2.53. The van der Waals surface area contributed by atoms with Crippen LogP contribution in [0.15, 0.2) is 30.5 Å². The van der Waals surface area contributed by atoms with Crippen molar-refractivity contribution in [2.24, 2.45) is 5.92 Å². The van der Waals surface area contributed by atoms with E-state index in [4.69, 9.17) is 4.74 Å². The number of benzene rings is 1. The molecule has 3 heterocycles. The lowest BCUT2D eigenvalue weighted by atomic mass is 9.79. The fourth-order valence-corrected chi connectivity index (χ4v) is 4.81. The van der Waals surface area contributed by atoms with Crippen LogP contribution in [0.25, 0.3) is 11.3 Å². The molecule has 1 N–H and O–H groups in total. The Labute approximate surface area is 171 Å². The Morgan fingerprint density at radius 1 is 1.24 bits per heavy atom. The number of carbonyl (C=O) groups excluding carboxylic acids is 1. The number of H-pyrrole nitrogens is 1. The van der Waals surface area contributed by atoms with Crippen molar-refractivity contribution in [3.05, 3.63) is 41.8 Å². The largest absolute Gasteiger partial charge is 0.369 e. The van der Waals surface area contributed by atoms with Gasteiger partial charge in [0.1, 0.15) is 5.82 Å². The van der Waals surface area contributed by atoms with Crippen molar-refractivity contribution < 1.29 is 13.9 Å². The molecule has 0 spiro atoms. The van der Waals surface area contributed by atoms with Gasteiger partial charge in [0.2, 0.25) is 0 Å². The number of carbonyl (C=O) groups is 1. The fraction of sp³-hybridized carbons (Fsp3) is 0.545. The van der Waals surface area contributed by atoms with Gasteiger partial charge in [-0.15, -0.1) is 0 Å². The molecule has 2 aliphatic rings. The van der Waals surface area contributed by atoms with Crippen LogP contribution in [0.4, 0.5) is 4.39 Å². The molecule has 1 amide bonds. The predicted octanol–water partition coefficient (Wildman–Crippen LogP) is 3.06. The van der Waals surface area contributed by atoms with Crippen molar-refractivity contribution in [3.8, 4) is 11.3 Å². The van der Waals surface area contributed by atoms with E-state index in [1.165, 1.54) is 12.1 Å². The first-order chi connectivity index (χ1) is 14.0. The number of rotatable bonds is 6. The molecule has 2 aliphatic heterocycles. The van der Waals surface area contributed by atoms with E-state index in [0.29, 0.717) is 5.92 Å². The Bertz CT molecular complexity index is 843. The van der Waals surface area contributed by atoms with Gasteiger partial charge in [0.15, 0.2) is 6.10 Å². The lowest BCUT2D eigenvalue weighted by Crippen LogP contribution is -2.70. The van der Waals surface area contributed by atoms with Gasteiger partial charge in [-0.25, -0.2) is 4.39 Å². The number of halogens is 1.